The highest BCUT2D eigenvalue weighted by atomic mass is 35.5. The zero-order valence-corrected chi connectivity index (χ0v) is 29.2. The first kappa shape index (κ1) is 36.6. The molecule has 0 radical (unpaired) electrons. The number of halogens is 1. The predicted molar refractivity (Wildman–Crippen MR) is 192 cm³/mol. The predicted octanol–water partition coefficient (Wildman–Crippen LogP) is 2.09. The molecule has 4 rings (SSSR count). The summed E-state index contributed by atoms with van der Waals surface area (Å²) in [5.41, 5.74) is 8.29. The van der Waals surface area contributed by atoms with E-state index in [1.165, 1.54) is 22.8 Å². The van der Waals surface area contributed by atoms with Gasteiger partial charge in [-0.15, -0.1) is 0 Å². The number of nitrogens with zero attached hydrogens (tertiary/aromatic N) is 6. The Balaban J connectivity index is 1.36. The maximum Gasteiger partial charge on any atom is 0.272 e. The fourth-order valence-electron chi connectivity index (χ4n) is 4.79. The maximum absolute atomic E-state index is 13.2. The Bertz CT molecular complexity index is 2010. The van der Waals surface area contributed by atoms with Crippen LogP contribution in [0.25, 0.3) is 0 Å². The van der Waals surface area contributed by atoms with E-state index < -0.39 is 23.6 Å². The summed E-state index contributed by atoms with van der Waals surface area (Å²) in [5.74, 6) is -2.00. The summed E-state index contributed by atoms with van der Waals surface area (Å²) in [5, 5.41) is 13.4. The number of nitrogens with two attached hydrogens (primary N) is 1. The molecule has 264 valence electrons. The van der Waals surface area contributed by atoms with Crippen molar-refractivity contribution in [1.29, 1.82) is 0 Å². The fraction of sp³-hybridized carbons (Fsp3) is 0.250. The lowest BCUT2D eigenvalue weighted by Gasteiger charge is -2.10. The zero-order chi connectivity index (χ0) is 36.9. The third-order valence-electron chi connectivity index (χ3n) is 7.36. The molecule has 0 aromatic carbocycles. The highest BCUT2D eigenvalue weighted by Gasteiger charge is 2.20. The van der Waals surface area contributed by atoms with Crippen LogP contribution < -0.4 is 32.3 Å². The van der Waals surface area contributed by atoms with Gasteiger partial charge < -0.3 is 55.5 Å². The number of carbonyl (C=O) groups excluding carboxylic acids is 5. The molecular formula is C32H39ClN12O5. The van der Waals surface area contributed by atoms with E-state index in [1.807, 2.05) is 0 Å². The van der Waals surface area contributed by atoms with Crippen molar-refractivity contribution in [3.8, 4) is 0 Å². The van der Waals surface area contributed by atoms with Crippen LogP contribution in [0.4, 0.5) is 22.7 Å². The average molecular weight is 707 g/mol. The summed E-state index contributed by atoms with van der Waals surface area (Å²) in [6.07, 6.45) is 6.31. The van der Waals surface area contributed by atoms with Gasteiger partial charge in [0.25, 0.3) is 29.5 Å². The largest absolute Gasteiger partial charge is 0.370 e. The minimum absolute atomic E-state index is 0.195. The fourth-order valence-corrected chi connectivity index (χ4v) is 4.84. The third-order valence-corrected chi connectivity index (χ3v) is 7.53. The van der Waals surface area contributed by atoms with Crippen LogP contribution >= 0.6 is 11.6 Å². The van der Waals surface area contributed by atoms with Gasteiger partial charge >= 0.3 is 0 Å². The summed E-state index contributed by atoms with van der Waals surface area (Å²) in [6.45, 7) is 3.96. The van der Waals surface area contributed by atoms with Crippen molar-refractivity contribution in [2.24, 2.45) is 38.9 Å². The van der Waals surface area contributed by atoms with Gasteiger partial charge in [-0.05, 0) is 24.3 Å². The second-order valence-corrected chi connectivity index (χ2v) is 12.0. The summed E-state index contributed by atoms with van der Waals surface area (Å²) in [6, 6.07) is 6.04. The molecule has 0 saturated heterocycles. The first-order valence-corrected chi connectivity index (χ1v) is 15.4. The van der Waals surface area contributed by atoms with E-state index in [-0.39, 0.29) is 34.6 Å². The van der Waals surface area contributed by atoms with E-state index in [0.29, 0.717) is 40.9 Å². The van der Waals surface area contributed by atoms with Gasteiger partial charge in [0.15, 0.2) is 5.96 Å². The number of carbonyl (C=O) groups is 5. The van der Waals surface area contributed by atoms with Crippen LogP contribution in [-0.2, 0) is 33.0 Å². The number of anilines is 4. The van der Waals surface area contributed by atoms with Gasteiger partial charge in [-0.3, -0.25) is 29.0 Å². The lowest BCUT2D eigenvalue weighted by molar-refractivity contribution is -0.112. The molecule has 4 aromatic rings. The molecule has 7 N–H and O–H groups in total. The van der Waals surface area contributed by atoms with Crippen LogP contribution in [0.1, 0.15) is 42.0 Å². The van der Waals surface area contributed by atoms with Crippen molar-refractivity contribution in [1.82, 2.24) is 28.5 Å². The number of guanidine groups is 1. The van der Waals surface area contributed by atoms with Crippen LogP contribution in [-0.4, -0.2) is 85.8 Å². The summed E-state index contributed by atoms with van der Waals surface area (Å²) >= 11 is 5.62. The minimum atomic E-state index is -0.592. The van der Waals surface area contributed by atoms with Crippen molar-refractivity contribution in [2.75, 3.05) is 48.5 Å². The molecule has 0 aliphatic heterocycles. The molecule has 0 fully saturated rings. The number of aryl methyl sites for hydroxylation is 4. The summed E-state index contributed by atoms with van der Waals surface area (Å²) in [4.78, 5) is 69.6. The van der Waals surface area contributed by atoms with Crippen LogP contribution in [0.15, 0.2) is 65.7 Å². The molecule has 18 heteroatoms. The van der Waals surface area contributed by atoms with Crippen molar-refractivity contribution >= 4 is 69.8 Å². The number of aromatic nitrogens is 4. The molecule has 0 unspecified atom stereocenters. The monoisotopic (exact) mass is 706 g/mol. The molecular weight excluding hydrogens is 668 g/mol. The Morgan fingerprint density at radius 2 is 1.02 bits per heavy atom. The van der Waals surface area contributed by atoms with Crippen LogP contribution in [0, 0.1) is 0 Å². The number of hydrogen-bond acceptors (Lipinski definition) is 6. The molecule has 0 aliphatic carbocycles. The lowest BCUT2D eigenvalue weighted by Crippen LogP contribution is -2.32. The number of amides is 5. The van der Waals surface area contributed by atoms with E-state index in [1.54, 1.807) is 91.7 Å². The second kappa shape index (κ2) is 15.3. The Morgan fingerprint density at radius 3 is 1.36 bits per heavy atom. The standard InChI is InChI=1S/C32H39ClN12O5/c1-18(33)27(46)37-19-11-24(43(5)14-19)29(48)39-21-13-26(45(7)16-21)31(50)40-22-12-25(44(6)17-22)30(49)38-20-10-23(42(4)15-20)28(47)35-8-9-36-32(34)41(2)3/h10-17H,1,8-9H2,2-7H3,(H2,34,36)(H,35,47)(H,37,46)(H,38,49)(H,39,48)(H,40,50). The van der Waals surface area contributed by atoms with Crippen molar-refractivity contribution in [3.63, 3.8) is 0 Å². The molecule has 17 nitrogen and oxygen atoms in total. The Kier molecular flexibility index (Phi) is 11.2. The topological polar surface area (TPSA) is 207 Å². The highest BCUT2D eigenvalue weighted by Crippen LogP contribution is 2.21. The second-order valence-electron chi connectivity index (χ2n) is 11.5. The van der Waals surface area contributed by atoms with E-state index in [2.05, 4.69) is 38.2 Å². The van der Waals surface area contributed by atoms with Crippen molar-refractivity contribution in [2.45, 2.75) is 0 Å². The normalized spacial score (nSPS) is 11.1. The molecule has 0 aliphatic rings. The first-order valence-electron chi connectivity index (χ1n) is 15.0. The van der Waals surface area contributed by atoms with Gasteiger partial charge in [-0.1, -0.05) is 18.2 Å². The van der Waals surface area contributed by atoms with Gasteiger partial charge in [0.05, 0.1) is 34.3 Å². The number of aliphatic imine (C=N–C) groups is 1. The van der Waals surface area contributed by atoms with E-state index in [4.69, 9.17) is 17.3 Å². The smallest absolute Gasteiger partial charge is 0.272 e. The van der Waals surface area contributed by atoms with Gasteiger partial charge in [-0.2, -0.15) is 0 Å². The van der Waals surface area contributed by atoms with Gasteiger partial charge in [0.1, 0.15) is 22.8 Å². The summed E-state index contributed by atoms with van der Waals surface area (Å²) in [7, 11) is 10.2. The van der Waals surface area contributed by atoms with Crippen LogP contribution in [0.5, 0.6) is 0 Å². The van der Waals surface area contributed by atoms with E-state index in [9.17, 15) is 24.0 Å². The molecule has 0 spiro atoms. The van der Waals surface area contributed by atoms with Crippen LogP contribution in [0.2, 0.25) is 0 Å². The molecule has 0 atom stereocenters. The Morgan fingerprint density at radius 1 is 0.680 bits per heavy atom. The first-order chi connectivity index (χ1) is 23.5. The zero-order valence-electron chi connectivity index (χ0n) is 28.4. The third kappa shape index (κ3) is 8.81. The molecule has 5 amide bonds. The van der Waals surface area contributed by atoms with Gasteiger partial charge in [0.2, 0.25) is 0 Å². The molecule has 0 bridgehead atoms. The summed E-state index contributed by atoms with van der Waals surface area (Å²) < 4.78 is 6.21. The Labute approximate surface area is 292 Å². The molecule has 4 heterocycles. The highest BCUT2D eigenvalue weighted by molar-refractivity contribution is 6.43. The maximum atomic E-state index is 13.2. The molecule has 50 heavy (non-hydrogen) atoms. The number of rotatable bonds is 12. The molecule has 4 aromatic heterocycles. The van der Waals surface area contributed by atoms with Crippen molar-refractivity contribution in [3.05, 3.63) is 83.4 Å². The average Bonchev–Trinajstić information content (AvgIpc) is 3.80. The van der Waals surface area contributed by atoms with Gasteiger partial charge in [-0.25, -0.2) is 0 Å². The minimum Gasteiger partial charge on any atom is -0.370 e. The van der Waals surface area contributed by atoms with Crippen molar-refractivity contribution < 1.29 is 24.0 Å². The lowest BCUT2D eigenvalue weighted by atomic mass is 10.3. The number of nitrogens with one attached hydrogen (secondary N) is 5. The van der Waals surface area contributed by atoms with E-state index in [0.717, 1.165) is 0 Å². The SMILES string of the molecule is C=C(Cl)C(=O)Nc1cc(C(=O)Nc2cc(C(=O)Nc3cc(C(=O)Nc4cc(C(=O)NCCN=C(N)N(C)C)n(C)c4)n(C)c3)n(C)c2)n(C)c1. The Hall–Kier alpha value is -6.23. The quantitative estimate of drug-likeness (QED) is 0.0559. The van der Waals surface area contributed by atoms with E-state index >= 15 is 0 Å². The molecule has 0 saturated carbocycles. The van der Waals surface area contributed by atoms with Crippen LogP contribution in [0.3, 0.4) is 0 Å². The number of hydrogen-bond donors (Lipinski definition) is 6. The van der Waals surface area contributed by atoms with Gasteiger partial charge in [0, 0.05) is 73.6 Å².